The first-order valence-electron chi connectivity index (χ1n) is 7.61. The number of halogens is 4. The van der Waals surface area contributed by atoms with Crippen molar-refractivity contribution in [2.24, 2.45) is 0 Å². The fourth-order valence-corrected chi connectivity index (χ4v) is 2.80. The Morgan fingerprint density at radius 2 is 1.69 bits per heavy atom. The maximum atomic E-state index is 13.6. The van der Waals surface area contributed by atoms with Gasteiger partial charge in [0.05, 0.1) is 6.04 Å². The van der Waals surface area contributed by atoms with E-state index in [1.54, 1.807) is 19.1 Å². The minimum absolute atomic E-state index is 0.364. The summed E-state index contributed by atoms with van der Waals surface area (Å²) in [4.78, 5) is 24.1. The number of carbonyl (C=O) groups is 2. The molecular formula is C18H15Cl2F2NO3. The summed E-state index contributed by atoms with van der Waals surface area (Å²) in [5.41, 5.74) is -0.232. The lowest BCUT2D eigenvalue weighted by atomic mass is 10.1. The quantitative estimate of drug-likeness (QED) is 0.739. The fraction of sp³-hybridized carbons (Fsp3) is 0.222. The molecule has 2 rings (SSSR count). The van der Waals surface area contributed by atoms with Gasteiger partial charge in [0.25, 0.3) is 5.91 Å². The minimum atomic E-state index is -1.27. The Labute approximate surface area is 159 Å². The first kappa shape index (κ1) is 20.1. The van der Waals surface area contributed by atoms with E-state index in [1.165, 1.54) is 13.0 Å². The number of hydrogen-bond acceptors (Lipinski definition) is 3. The molecule has 2 atom stereocenters. The zero-order chi connectivity index (χ0) is 19.4. The number of nitrogens with one attached hydrogen (secondary N) is 1. The Bertz CT molecular complexity index is 825. The van der Waals surface area contributed by atoms with E-state index in [0.29, 0.717) is 15.6 Å². The van der Waals surface area contributed by atoms with Crippen molar-refractivity contribution in [1.82, 2.24) is 5.32 Å². The third-order valence-electron chi connectivity index (χ3n) is 3.61. The molecule has 2 aromatic rings. The summed E-state index contributed by atoms with van der Waals surface area (Å²) >= 11 is 11.9. The van der Waals surface area contributed by atoms with E-state index in [0.717, 1.165) is 18.2 Å². The molecule has 0 radical (unpaired) electrons. The predicted molar refractivity (Wildman–Crippen MR) is 94.3 cm³/mol. The molecule has 2 aromatic carbocycles. The van der Waals surface area contributed by atoms with Crippen molar-refractivity contribution in [3.63, 3.8) is 0 Å². The Morgan fingerprint density at radius 3 is 2.27 bits per heavy atom. The molecule has 0 aliphatic carbocycles. The molecule has 26 heavy (non-hydrogen) atoms. The van der Waals surface area contributed by atoms with Crippen molar-refractivity contribution in [3.8, 4) is 0 Å². The lowest BCUT2D eigenvalue weighted by molar-refractivity contribution is -0.129. The van der Waals surface area contributed by atoms with E-state index in [2.05, 4.69) is 5.32 Å². The van der Waals surface area contributed by atoms with Crippen LogP contribution in [0.3, 0.4) is 0 Å². The highest BCUT2D eigenvalue weighted by molar-refractivity contribution is 6.35. The lowest BCUT2D eigenvalue weighted by Gasteiger charge is -2.19. The second-order valence-corrected chi connectivity index (χ2v) is 6.38. The summed E-state index contributed by atoms with van der Waals surface area (Å²) in [6, 6.07) is 7.28. The van der Waals surface area contributed by atoms with Crippen molar-refractivity contribution < 1.29 is 23.1 Å². The van der Waals surface area contributed by atoms with Gasteiger partial charge in [0, 0.05) is 10.0 Å². The molecule has 138 valence electrons. The number of hydrogen-bond donors (Lipinski definition) is 1. The highest BCUT2D eigenvalue weighted by Crippen LogP contribution is 2.26. The van der Waals surface area contributed by atoms with Crippen LogP contribution in [0, 0.1) is 11.6 Å². The Balaban J connectivity index is 2.04. The summed E-state index contributed by atoms with van der Waals surface area (Å²) in [5.74, 6) is -4.04. The van der Waals surface area contributed by atoms with Gasteiger partial charge in [-0.05, 0) is 43.7 Å². The normalized spacial score (nSPS) is 13.0. The highest BCUT2D eigenvalue weighted by atomic mass is 35.5. The molecule has 0 aliphatic heterocycles. The molecule has 0 aromatic heterocycles. The molecule has 0 unspecified atom stereocenters. The minimum Gasteiger partial charge on any atom is -0.449 e. The summed E-state index contributed by atoms with van der Waals surface area (Å²) in [5, 5.41) is 3.43. The second kappa shape index (κ2) is 8.47. The summed E-state index contributed by atoms with van der Waals surface area (Å²) in [7, 11) is 0. The molecule has 1 amide bonds. The van der Waals surface area contributed by atoms with Gasteiger partial charge in [-0.3, -0.25) is 4.79 Å². The van der Waals surface area contributed by atoms with Crippen LogP contribution in [-0.2, 0) is 9.53 Å². The average molecular weight is 402 g/mol. The zero-order valence-electron chi connectivity index (χ0n) is 13.9. The first-order valence-corrected chi connectivity index (χ1v) is 8.36. The van der Waals surface area contributed by atoms with E-state index in [9.17, 15) is 18.4 Å². The third kappa shape index (κ3) is 4.71. The molecule has 0 saturated heterocycles. The second-order valence-electron chi connectivity index (χ2n) is 5.54. The van der Waals surface area contributed by atoms with E-state index < -0.39 is 41.2 Å². The van der Waals surface area contributed by atoms with E-state index in [1.807, 2.05) is 0 Å². The standard InChI is InChI=1S/C18H15Cl2F2NO3/c1-9(12-7-6-11(19)8-13(12)20)23-17(24)10(2)26-18(25)16-14(21)4-3-5-15(16)22/h3-10H,1-2H3,(H,23,24)/t9-,10+/m0/s1. The van der Waals surface area contributed by atoms with Crippen LogP contribution >= 0.6 is 23.2 Å². The van der Waals surface area contributed by atoms with Crippen molar-refractivity contribution in [1.29, 1.82) is 0 Å². The van der Waals surface area contributed by atoms with Gasteiger partial charge in [0.1, 0.15) is 17.2 Å². The fourth-order valence-electron chi connectivity index (χ4n) is 2.23. The summed E-state index contributed by atoms with van der Waals surface area (Å²) < 4.78 is 32.0. The highest BCUT2D eigenvalue weighted by Gasteiger charge is 2.25. The number of rotatable bonds is 5. The van der Waals surface area contributed by atoms with Crippen molar-refractivity contribution in [2.75, 3.05) is 0 Å². The number of carbonyl (C=O) groups excluding carboxylic acids is 2. The van der Waals surface area contributed by atoms with Crippen LogP contribution in [0.5, 0.6) is 0 Å². The molecule has 0 spiro atoms. The topological polar surface area (TPSA) is 55.4 Å². The van der Waals surface area contributed by atoms with Gasteiger partial charge in [-0.2, -0.15) is 0 Å². The largest absolute Gasteiger partial charge is 0.449 e. The SMILES string of the molecule is C[C@H](NC(=O)[C@@H](C)OC(=O)c1c(F)cccc1F)c1ccc(Cl)cc1Cl. The molecule has 0 fully saturated rings. The van der Waals surface area contributed by atoms with Crippen LogP contribution in [0.25, 0.3) is 0 Å². The monoisotopic (exact) mass is 401 g/mol. The molecule has 0 aliphatic rings. The van der Waals surface area contributed by atoms with Crippen LogP contribution in [0.1, 0.15) is 35.8 Å². The number of ether oxygens (including phenoxy) is 1. The van der Waals surface area contributed by atoms with Gasteiger partial charge in [0.2, 0.25) is 0 Å². The Kier molecular flexibility index (Phi) is 6.56. The van der Waals surface area contributed by atoms with Gasteiger partial charge >= 0.3 is 5.97 Å². The first-order chi connectivity index (χ1) is 12.2. The number of amides is 1. The molecule has 4 nitrogen and oxygen atoms in total. The predicted octanol–water partition coefficient (Wildman–Crippen LogP) is 4.69. The van der Waals surface area contributed by atoms with E-state index in [4.69, 9.17) is 27.9 Å². The molecule has 0 bridgehead atoms. The molecule has 0 heterocycles. The van der Waals surface area contributed by atoms with Crippen LogP contribution in [0.15, 0.2) is 36.4 Å². The number of benzene rings is 2. The van der Waals surface area contributed by atoms with Crippen molar-refractivity contribution in [3.05, 3.63) is 69.2 Å². The molecule has 1 N–H and O–H groups in total. The van der Waals surface area contributed by atoms with Gasteiger partial charge in [0.15, 0.2) is 6.10 Å². The van der Waals surface area contributed by atoms with Crippen LogP contribution < -0.4 is 5.32 Å². The smallest absolute Gasteiger partial charge is 0.344 e. The maximum absolute atomic E-state index is 13.6. The van der Waals surface area contributed by atoms with Crippen molar-refractivity contribution >= 4 is 35.1 Å². The molecule has 0 saturated carbocycles. The average Bonchev–Trinajstić information content (AvgIpc) is 2.54. The van der Waals surface area contributed by atoms with Gasteiger partial charge in [-0.25, -0.2) is 13.6 Å². The summed E-state index contributed by atoms with van der Waals surface area (Å²) in [6.45, 7) is 2.97. The van der Waals surface area contributed by atoms with Gasteiger partial charge in [-0.15, -0.1) is 0 Å². The molecule has 8 heteroatoms. The summed E-state index contributed by atoms with van der Waals surface area (Å²) in [6.07, 6.45) is -1.27. The van der Waals surface area contributed by atoms with Gasteiger partial charge in [-0.1, -0.05) is 35.3 Å². The van der Waals surface area contributed by atoms with E-state index in [-0.39, 0.29) is 0 Å². The number of esters is 1. The van der Waals surface area contributed by atoms with E-state index >= 15 is 0 Å². The zero-order valence-corrected chi connectivity index (χ0v) is 15.4. The molecular weight excluding hydrogens is 387 g/mol. The Morgan fingerprint density at radius 1 is 1.08 bits per heavy atom. The van der Waals surface area contributed by atoms with Crippen LogP contribution in [0.2, 0.25) is 10.0 Å². The Hall–Kier alpha value is -2.18. The maximum Gasteiger partial charge on any atom is 0.344 e. The van der Waals surface area contributed by atoms with Crippen molar-refractivity contribution in [2.45, 2.75) is 26.0 Å². The van der Waals surface area contributed by atoms with Gasteiger partial charge < -0.3 is 10.1 Å². The van der Waals surface area contributed by atoms with Crippen LogP contribution in [-0.4, -0.2) is 18.0 Å². The third-order valence-corrected chi connectivity index (χ3v) is 4.17. The lowest BCUT2D eigenvalue weighted by Crippen LogP contribution is -2.37. The van der Waals surface area contributed by atoms with Crippen LogP contribution in [0.4, 0.5) is 8.78 Å².